The minimum atomic E-state index is -0.0571. The number of hydrogen-bond donors (Lipinski definition) is 2. The maximum atomic E-state index is 9.08. The molecule has 14 heavy (non-hydrogen) atoms. The largest absolute Gasteiger partial charge is 0.393 e. The summed E-state index contributed by atoms with van der Waals surface area (Å²) < 4.78 is 1.70. The van der Waals surface area contributed by atoms with Gasteiger partial charge in [-0.2, -0.15) is 0 Å². The fourth-order valence-electron chi connectivity index (χ4n) is 1.75. The molecule has 0 bridgehead atoms. The summed E-state index contributed by atoms with van der Waals surface area (Å²) in [5.41, 5.74) is 0.965. The van der Waals surface area contributed by atoms with Gasteiger partial charge in [0.05, 0.1) is 11.8 Å². The van der Waals surface area contributed by atoms with E-state index in [9.17, 15) is 0 Å². The van der Waals surface area contributed by atoms with Crippen LogP contribution in [0.5, 0.6) is 0 Å². The average molecular weight is 196 g/mol. The lowest BCUT2D eigenvalue weighted by atomic mass is 9.82. The zero-order valence-electron chi connectivity index (χ0n) is 8.35. The summed E-state index contributed by atoms with van der Waals surface area (Å²) in [5.74, 6) is 0.640. The molecule has 0 atom stereocenters. The molecular formula is C9H16N4O. The third kappa shape index (κ3) is 2.30. The zero-order chi connectivity index (χ0) is 9.97. The van der Waals surface area contributed by atoms with Crippen LogP contribution in [0.25, 0.3) is 0 Å². The molecule has 1 saturated carbocycles. The Bertz CT molecular complexity index is 293. The van der Waals surface area contributed by atoms with Gasteiger partial charge in [-0.15, -0.1) is 5.10 Å². The van der Waals surface area contributed by atoms with Gasteiger partial charge in [-0.1, -0.05) is 5.21 Å². The van der Waals surface area contributed by atoms with Crippen LogP contribution in [-0.4, -0.2) is 32.7 Å². The van der Waals surface area contributed by atoms with Crippen LogP contribution in [0.1, 0.15) is 18.5 Å². The smallest absolute Gasteiger partial charge is 0.0964 e. The molecule has 0 unspecified atom stereocenters. The van der Waals surface area contributed by atoms with Crippen LogP contribution >= 0.6 is 0 Å². The van der Waals surface area contributed by atoms with Gasteiger partial charge in [-0.25, -0.2) is 0 Å². The molecule has 1 aromatic rings. The molecule has 1 aromatic heterocycles. The lowest BCUT2D eigenvalue weighted by Gasteiger charge is -2.31. The third-order valence-corrected chi connectivity index (χ3v) is 2.60. The van der Waals surface area contributed by atoms with E-state index in [-0.39, 0.29) is 6.10 Å². The monoisotopic (exact) mass is 196 g/mol. The molecule has 0 aliphatic heterocycles. The third-order valence-electron chi connectivity index (χ3n) is 2.60. The highest BCUT2D eigenvalue weighted by Gasteiger charge is 2.26. The number of aliphatic hydroxyl groups excluding tert-OH is 1. The first-order chi connectivity index (χ1) is 6.74. The van der Waals surface area contributed by atoms with E-state index in [0.717, 1.165) is 31.6 Å². The maximum Gasteiger partial charge on any atom is 0.0964 e. The summed E-state index contributed by atoms with van der Waals surface area (Å²) in [5, 5.41) is 20.2. The van der Waals surface area contributed by atoms with Gasteiger partial charge in [-0.3, -0.25) is 4.68 Å². The van der Waals surface area contributed by atoms with Gasteiger partial charge in [0.2, 0.25) is 0 Å². The lowest BCUT2D eigenvalue weighted by molar-refractivity contribution is 0.0429. The van der Waals surface area contributed by atoms with Gasteiger partial charge in [0, 0.05) is 19.8 Å². The Morgan fingerprint density at radius 1 is 1.64 bits per heavy atom. The first kappa shape index (κ1) is 9.61. The van der Waals surface area contributed by atoms with Crippen molar-refractivity contribution >= 4 is 0 Å². The van der Waals surface area contributed by atoms with Crippen molar-refractivity contribution in [2.75, 3.05) is 6.54 Å². The molecule has 0 spiro atoms. The Morgan fingerprint density at radius 2 is 2.43 bits per heavy atom. The van der Waals surface area contributed by atoms with Crippen LogP contribution in [0, 0.1) is 5.92 Å². The Labute approximate surface area is 83.1 Å². The molecule has 1 fully saturated rings. The quantitative estimate of drug-likeness (QED) is 0.692. The van der Waals surface area contributed by atoms with Crippen molar-refractivity contribution in [1.29, 1.82) is 0 Å². The molecule has 0 amide bonds. The van der Waals surface area contributed by atoms with Gasteiger partial charge < -0.3 is 10.4 Å². The molecule has 1 aliphatic carbocycles. The van der Waals surface area contributed by atoms with Gasteiger partial charge in [0.15, 0.2) is 0 Å². The normalized spacial score (nSPS) is 26.1. The minimum absolute atomic E-state index is 0.0571. The topological polar surface area (TPSA) is 63.0 Å². The summed E-state index contributed by atoms with van der Waals surface area (Å²) in [4.78, 5) is 0. The van der Waals surface area contributed by atoms with E-state index >= 15 is 0 Å². The number of hydrogen-bond acceptors (Lipinski definition) is 4. The zero-order valence-corrected chi connectivity index (χ0v) is 8.35. The van der Waals surface area contributed by atoms with Crippen LogP contribution in [0.15, 0.2) is 6.20 Å². The predicted octanol–water partition coefficient (Wildman–Crippen LogP) is -0.324. The van der Waals surface area contributed by atoms with Crippen LogP contribution in [-0.2, 0) is 13.6 Å². The van der Waals surface area contributed by atoms with Crippen molar-refractivity contribution in [3.05, 3.63) is 11.9 Å². The highest BCUT2D eigenvalue weighted by atomic mass is 16.3. The minimum Gasteiger partial charge on any atom is -0.393 e. The first-order valence-corrected chi connectivity index (χ1v) is 4.98. The standard InChI is InChI=1S/C9H16N4O/c1-13-6-8(11-12-13)5-10-4-7-2-9(14)3-7/h6-7,9-10,14H,2-5H2,1H3. The summed E-state index contributed by atoms with van der Waals surface area (Å²) in [7, 11) is 1.86. The second-order valence-corrected chi connectivity index (χ2v) is 4.01. The summed E-state index contributed by atoms with van der Waals surface area (Å²) in [6.45, 7) is 1.73. The predicted molar refractivity (Wildman–Crippen MR) is 51.4 cm³/mol. The van der Waals surface area contributed by atoms with Crippen molar-refractivity contribution in [3.8, 4) is 0 Å². The molecule has 5 nitrogen and oxygen atoms in total. The van der Waals surface area contributed by atoms with Crippen molar-refractivity contribution in [3.63, 3.8) is 0 Å². The molecular weight excluding hydrogens is 180 g/mol. The average Bonchev–Trinajstić information content (AvgIpc) is 2.48. The molecule has 5 heteroatoms. The summed E-state index contributed by atoms with van der Waals surface area (Å²) in [6.07, 6.45) is 3.72. The van der Waals surface area contributed by atoms with Crippen LogP contribution in [0.3, 0.4) is 0 Å². The number of aliphatic hydroxyl groups is 1. The molecule has 0 saturated heterocycles. The van der Waals surface area contributed by atoms with Crippen LogP contribution < -0.4 is 5.32 Å². The fourth-order valence-corrected chi connectivity index (χ4v) is 1.75. The van der Waals surface area contributed by atoms with Crippen LogP contribution in [0.2, 0.25) is 0 Å². The van der Waals surface area contributed by atoms with E-state index in [4.69, 9.17) is 5.11 Å². The highest BCUT2D eigenvalue weighted by Crippen LogP contribution is 2.26. The Balaban J connectivity index is 1.63. The molecule has 1 heterocycles. The number of nitrogens with one attached hydrogen (secondary N) is 1. The van der Waals surface area contributed by atoms with Gasteiger partial charge in [0.25, 0.3) is 0 Å². The van der Waals surface area contributed by atoms with Crippen molar-refractivity contribution in [1.82, 2.24) is 20.3 Å². The Kier molecular flexibility index (Phi) is 2.79. The SMILES string of the molecule is Cn1cc(CNCC2CC(O)C2)nn1. The van der Waals surface area contributed by atoms with E-state index in [1.54, 1.807) is 4.68 Å². The first-order valence-electron chi connectivity index (χ1n) is 4.98. The summed E-state index contributed by atoms with van der Waals surface area (Å²) >= 11 is 0. The molecule has 1 aliphatic rings. The second-order valence-electron chi connectivity index (χ2n) is 4.01. The molecule has 2 N–H and O–H groups in total. The fraction of sp³-hybridized carbons (Fsp3) is 0.778. The van der Waals surface area contributed by atoms with E-state index in [2.05, 4.69) is 15.6 Å². The number of nitrogens with zero attached hydrogens (tertiary/aromatic N) is 3. The number of aromatic nitrogens is 3. The second kappa shape index (κ2) is 4.06. The van der Waals surface area contributed by atoms with Crippen molar-refractivity contribution in [2.24, 2.45) is 13.0 Å². The molecule has 78 valence electrons. The highest BCUT2D eigenvalue weighted by molar-refractivity contribution is 4.91. The Morgan fingerprint density at radius 3 is 3.00 bits per heavy atom. The number of aryl methyl sites for hydroxylation is 1. The lowest BCUT2D eigenvalue weighted by Crippen LogP contribution is -2.35. The number of rotatable bonds is 4. The van der Waals surface area contributed by atoms with E-state index in [1.165, 1.54) is 0 Å². The molecule has 0 radical (unpaired) electrons. The van der Waals surface area contributed by atoms with E-state index in [0.29, 0.717) is 5.92 Å². The Hall–Kier alpha value is -0.940. The molecule has 2 rings (SSSR count). The van der Waals surface area contributed by atoms with Crippen molar-refractivity contribution in [2.45, 2.75) is 25.5 Å². The van der Waals surface area contributed by atoms with Gasteiger partial charge in [-0.05, 0) is 25.3 Å². The maximum absolute atomic E-state index is 9.08. The van der Waals surface area contributed by atoms with Gasteiger partial charge in [0.1, 0.15) is 0 Å². The van der Waals surface area contributed by atoms with E-state index < -0.39 is 0 Å². The molecule has 0 aromatic carbocycles. The van der Waals surface area contributed by atoms with E-state index in [1.807, 2.05) is 13.2 Å². The summed E-state index contributed by atoms with van der Waals surface area (Å²) in [6, 6.07) is 0. The van der Waals surface area contributed by atoms with Crippen molar-refractivity contribution < 1.29 is 5.11 Å². The van der Waals surface area contributed by atoms with Crippen LogP contribution in [0.4, 0.5) is 0 Å². The van der Waals surface area contributed by atoms with Gasteiger partial charge >= 0.3 is 0 Å².